The first-order valence-electron chi connectivity index (χ1n) is 10.6. The number of fused-ring (bicyclic) bond motifs is 1. The highest BCUT2D eigenvalue weighted by molar-refractivity contribution is 6.46. The van der Waals surface area contributed by atoms with E-state index in [1.54, 1.807) is 22.4 Å². The van der Waals surface area contributed by atoms with Crippen molar-refractivity contribution in [3.8, 4) is 0 Å². The zero-order chi connectivity index (χ0) is 23.2. The summed E-state index contributed by atoms with van der Waals surface area (Å²) in [6.45, 7) is 6.70. The first-order valence-corrected chi connectivity index (χ1v) is 10.6. The molecular formula is C25H28N4O3. The normalized spacial score (nSPS) is 18.3. The lowest BCUT2D eigenvalue weighted by Crippen LogP contribution is -2.35. The van der Waals surface area contributed by atoms with Crippen molar-refractivity contribution in [1.82, 2.24) is 19.2 Å². The number of amides is 1. The predicted octanol–water partition coefficient (Wildman–Crippen LogP) is 3.24. The highest BCUT2D eigenvalue weighted by atomic mass is 16.3. The molecule has 166 valence electrons. The number of aromatic nitrogens is 2. The van der Waals surface area contributed by atoms with Gasteiger partial charge in [0.25, 0.3) is 11.7 Å². The van der Waals surface area contributed by atoms with Crippen molar-refractivity contribution < 1.29 is 14.7 Å². The van der Waals surface area contributed by atoms with E-state index in [0.717, 1.165) is 16.7 Å². The molecule has 4 rings (SSSR count). The van der Waals surface area contributed by atoms with E-state index >= 15 is 0 Å². The van der Waals surface area contributed by atoms with Gasteiger partial charge in [-0.3, -0.25) is 14.0 Å². The van der Waals surface area contributed by atoms with Crippen molar-refractivity contribution in [3.05, 3.63) is 76.2 Å². The Labute approximate surface area is 187 Å². The van der Waals surface area contributed by atoms with Crippen LogP contribution >= 0.6 is 0 Å². The van der Waals surface area contributed by atoms with Gasteiger partial charge >= 0.3 is 0 Å². The van der Waals surface area contributed by atoms with Crippen LogP contribution in [-0.2, 0) is 9.59 Å². The summed E-state index contributed by atoms with van der Waals surface area (Å²) >= 11 is 0. The topological polar surface area (TPSA) is 78.1 Å². The number of aliphatic hydroxyl groups is 1. The van der Waals surface area contributed by atoms with Gasteiger partial charge in [-0.1, -0.05) is 35.9 Å². The number of aliphatic hydroxyl groups excluding tert-OH is 1. The maximum absolute atomic E-state index is 13.2. The number of nitrogens with zero attached hydrogens (tertiary/aromatic N) is 4. The third-order valence-corrected chi connectivity index (χ3v) is 5.96. The van der Waals surface area contributed by atoms with E-state index in [0.29, 0.717) is 30.1 Å². The zero-order valence-corrected chi connectivity index (χ0v) is 19.1. The van der Waals surface area contributed by atoms with Crippen LogP contribution in [0.5, 0.6) is 0 Å². The maximum atomic E-state index is 13.2. The number of imidazole rings is 1. The van der Waals surface area contributed by atoms with Crippen molar-refractivity contribution in [2.75, 3.05) is 27.2 Å². The number of ketones is 1. The molecule has 3 aromatic rings. The second kappa shape index (κ2) is 8.24. The van der Waals surface area contributed by atoms with Crippen molar-refractivity contribution in [3.63, 3.8) is 0 Å². The molecule has 1 atom stereocenters. The number of aryl methyl sites for hydroxylation is 3. The molecule has 3 heterocycles. The van der Waals surface area contributed by atoms with Crippen LogP contribution in [0.25, 0.3) is 11.4 Å². The van der Waals surface area contributed by atoms with Crippen LogP contribution in [0, 0.1) is 20.8 Å². The van der Waals surface area contributed by atoms with Gasteiger partial charge in [-0.2, -0.15) is 0 Å². The largest absolute Gasteiger partial charge is 0.505 e. The molecule has 32 heavy (non-hydrogen) atoms. The zero-order valence-electron chi connectivity index (χ0n) is 19.1. The molecule has 7 heteroatoms. The molecule has 1 amide bonds. The molecule has 1 N–H and O–H groups in total. The van der Waals surface area contributed by atoms with Crippen LogP contribution in [0.1, 0.15) is 34.1 Å². The number of rotatable bonds is 5. The summed E-state index contributed by atoms with van der Waals surface area (Å²) in [4.78, 5) is 34.4. The Morgan fingerprint density at radius 2 is 1.78 bits per heavy atom. The number of pyridine rings is 1. The molecule has 0 radical (unpaired) electrons. The molecule has 0 unspecified atom stereocenters. The van der Waals surface area contributed by atoms with Gasteiger partial charge < -0.3 is 14.9 Å². The molecule has 0 saturated carbocycles. The fraction of sp³-hybridized carbons (Fsp3) is 0.320. The van der Waals surface area contributed by atoms with E-state index in [1.165, 1.54) is 0 Å². The summed E-state index contributed by atoms with van der Waals surface area (Å²) in [6.07, 6.45) is 1.81. The minimum atomic E-state index is -0.672. The van der Waals surface area contributed by atoms with Crippen molar-refractivity contribution in [2.45, 2.75) is 26.8 Å². The van der Waals surface area contributed by atoms with E-state index < -0.39 is 17.7 Å². The number of likely N-dealkylation sites (tertiary alicyclic amines) is 1. The fourth-order valence-corrected chi connectivity index (χ4v) is 4.24. The molecule has 0 bridgehead atoms. The summed E-state index contributed by atoms with van der Waals surface area (Å²) in [5.41, 5.74) is 4.66. The molecule has 0 spiro atoms. The first-order chi connectivity index (χ1) is 15.2. The summed E-state index contributed by atoms with van der Waals surface area (Å²) in [5, 5.41) is 11.5. The lowest BCUT2D eigenvalue weighted by atomic mass is 9.95. The number of Topliss-reactive ketones (excluding diaryl/α,β-unsaturated/α-hetero) is 1. The van der Waals surface area contributed by atoms with E-state index in [4.69, 9.17) is 0 Å². The van der Waals surface area contributed by atoms with Gasteiger partial charge in [0.15, 0.2) is 5.76 Å². The number of carbonyl (C=O) groups is 2. The highest BCUT2D eigenvalue weighted by Gasteiger charge is 2.46. The van der Waals surface area contributed by atoms with E-state index in [9.17, 15) is 14.7 Å². The molecule has 0 aliphatic carbocycles. The lowest BCUT2D eigenvalue weighted by molar-refractivity contribution is -0.140. The molecule has 1 fully saturated rings. The fourth-order valence-electron chi connectivity index (χ4n) is 4.24. The van der Waals surface area contributed by atoms with E-state index in [1.807, 2.05) is 69.2 Å². The summed E-state index contributed by atoms with van der Waals surface area (Å²) < 4.78 is 1.78. The van der Waals surface area contributed by atoms with Crippen LogP contribution in [0.3, 0.4) is 0 Å². The SMILES string of the molecule is Cc1ccc([C@@H]2C(=C(O)c3c(C)nc4c(C)cccn34)C(=O)C(=O)N2CCN(C)C)cc1. The van der Waals surface area contributed by atoms with Crippen molar-refractivity contribution in [1.29, 1.82) is 0 Å². The quantitative estimate of drug-likeness (QED) is 0.380. The Bertz CT molecular complexity index is 1240. The van der Waals surface area contributed by atoms with Crippen molar-refractivity contribution >= 4 is 23.1 Å². The lowest BCUT2D eigenvalue weighted by Gasteiger charge is -2.26. The van der Waals surface area contributed by atoms with Crippen LogP contribution in [0.2, 0.25) is 0 Å². The van der Waals surface area contributed by atoms with Gasteiger partial charge in [0.05, 0.1) is 17.3 Å². The maximum Gasteiger partial charge on any atom is 0.295 e. The monoisotopic (exact) mass is 432 g/mol. The Morgan fingerprint density at radius 1 is 1.09 bits per heavy atom. The number of likely N-dealkylation sites (N-methyl/N-ethyl adjacent to an activating group) is 1. The van der Waals surface area contributed by atoms with Gasteiger partial charge in [0.2, 0.25) is 0 Å². The molecule has 1 saturated heterocycles. The Hall–Kier alpha value is -3.45. The Kier molecular flexibility index (Phi) is 5.60. The minimum Gasteiger partial charge on any atom is -0.505 e. The number of hydrogen-bond acceptors (Lipinski definition) is 5. The predicted molar refractivity (Wildman–Crippen MR) is 123 cm³/mol. The Balaban J connectivity index is 1.94. The summed E-state index contributed by atoms with van der Waals surface area (Å²) in [5.74, 6) is -1.47. The third kappa shape index (κ3) is 3.58. The van der Waals surface area contributed by atoms with Crippen LogP contribution in [0.4, 0.5) is 0 Å². The van der Waals surface area contributed by atoms with Crippen molar-refractivity contribution in [2.24, 2.45) is 0 Å². The van der Waals surface area contributed by atoms with Gasteiger partial charge in [-0.15, -0.1) is 0 Å². The van der Waals surface area contributed by atoms with Crippen LogP contribution < -0.4 is 0 Å². The standard InChI is InChI=1S/C25H28N4O3/c1-15-8-10-18(11-9-15)21-19(23(31)25(32)29(21)14-13-27(4)5)22(30)20-17(3)26-24-16(2)7-6-12-28(20)24/h6-12,21,30H,13-14H2,1-5H3/t21-/m1/s1. The number of benzene rings is 1. The summed E-state index contributed by atoms with van der Waals surface area (Å²) in [7, 11) is 3.84. The van der Waals surface area contributed by atoms with Crippen LogP contribution in [0.15, 0.2) is 48.2 Å². The van der Waals surface area contributed by atoms with Gasteiger partial charge in [0.1, 0.15) is 11.3 Å². The first kappa shape index (κ1) is 21.8. The smallest absolute Gasteiger partial charge is 0.295 e. The molecule has 1 aliphatic rings. The Morgan fingerprint density at radius 3 is 2.44 bits per heavy atom. The molecule has 1 aliphatic heterocycles. The van der Waals surface area contributed by atoms with Crippen LogP contribution in [-0.4, -0.2) is 63.2 Å². The summed E-state index contributed by atoms with van der Waals surface area (Å²) in [6, 6.07) is 10.9. The highest BCUT2D eigenvalue weighted by Crippen LogP contribution is 2.40. The van der Waals surface area contributed by atoms with Gasteiger partial charge in [-0.25, -0.2) is 4.98 Å². The minimum absolute atomic E-state index is 0.101. The average Bonchev–Trinajstić information content (AvgIpc) is 3.21. The van der Waals surface area contributed by atoms with E-state index in [-0.39, 0.29) is 11.3 Å². The van der Waals surface area contributed by atoms with Gasteiger partial charge in [-0.05, 0) is 52.1 Å². The molecular weight excluding hydrogens is 404 g/mol. The number of hydrogen-bond donors (Lipinski definition) is 1. The number of carbonyl (C=O) groups excluding carboxylic acids is 2. The van der Waals surface area contributed by atoms with E-state index in [2.05, 4.69) is 4.98 Å². The third-order valence-electron chi connectivity index (χ3n) is 5.96. The molecule has 7 nitrogen and oxygen atoms in total. The second-order valence-corrected chi connectivity index (χ2v) is 8.64. The van der Waals surface area contributed by atoms with Gasteiger partial charge in [0, 0.05) is 19.3 Å². The second-order valence-electron chi connectivity index (χ2n) is 8.64. The molecule has 1 aromatic carbocycles. The molecule has 2 aromatic heterocycles. The average molecular weight is 433 g/mol.